The minimum Gasteiger partial charge on any atom is -0.350 e. The Hall–Kier alpha value is -2.44. The maximum Gasteiger partial charge on any atom is 0.230 e. The Labute approximate surface area is 159 Å². The highest BCUT2D eigenvalue weighted by Gasteiger charge is 2.12. The van der Waals surface area contributed by atoms with Crippen LogP contribution in [0.2, 0.25) is 0 Å². The van der Waals surface area contributed by atoms with Gasteiger partial charge in [0.05, 0.1) is 17.2 Å². The van der Waals surface area contributed by atoms with E-state index in [1.165, 1.54) is 35.2 Å². The Kier molecular flexibility index (Phi) is 6.20. The molecule has 3 rings (SSSR count). The highest BCUT2D eigenvalue weighted by molar-refractivity contribution is 8.00. The zero-order chi connectivity index (χ0) is 18.4. The number of amides is 1. The highest BCUT2D eigenvalue weighted by Crippen LogP contribution is 2.21. The zero-order valence-corrected chi connectivity index (χ0v) is 15.4. The van der Waals surface area contributed by atoms with Crippen LogP contribution in [0.15, 0.2) is 71.6 Å². The van der Waals surface area contributed by atoms with Gasteiger partial charge in [-0.1, -0.05) is 30.3 Å². The van der Waals surface area contributed by atoms with Crippen molar-refractivity contribution in [2.45, 2.75) is 11.4 Å². The summed E-state index contributed by atoms with van der Waals surface area (Å²) in [6.07, 6.45) is 0. The molecular formula is C20H16FNO2S2. The predicted molar refractivity (Wildman–Crippen MR) is 103 cm³/mol. The number of carbonyl (C=O) groups is 2. The molecule has 0 aliphatic heterocycles. The fraction of sp³-hybridized carbons (Fsp3) is 0.100. The van der Waals surface area contributed by atoms with Crippen molar-refractivity contribution in [3.8, 4) is 0 Å². The lowest BCUT2D eigenvalue weighted by Gasteiger charge is -2.04. The summed E-state index contributed by atoms with van der Waals surface area (Å²) >= 11 is 2.73. The average Bonchev–Trinajstić information content (AvgIpc) is 3.15. The third kappa shape index (κ3) is 5.03. The summed E-state index contributed by atoms with van der Waals surface area (Å²) in [5, 5.41) is 2.84. The number of ketones is 1. The standard InChI is InChI=1S/C20H16FNO2S2/c21-15-6-8-16(9-7-15)25-13-19(23)22-12-17-10-11-18(26-17)20(24)14-4-2-1-3-5-14/h1-11H,12-13H2,(H,22,23). The van der Waals surface area contributed by atoms with Crippen molar-refractivity contribution in [2.24, 2.45) is 0 Å². The zero-order valence-electron chi connectivity index (χ0n) is 13.8. The van der Waals surface area contributed by atoms with E-state index in [1.54, 1.807) is 30.3 Å². The topological polar surface area (TPSA) is 46.2 Å². The van der Waals surface area contributed by atoms with Gasteiger partial charge in [-0.3, -0.25) is 9.59 Å². The number of benzene rings is 2. The normalized spacial score (nSPS) is 10.5. The molecule has 2 aromatic carbocycles. The van der Waals surface area contributed by atoms with Gasteiger partial charge in [0.15, 0.2) is 0 Å². The molecule has 1 N–H and O–H groups in total. The van der Waals surface area contributed by atoms with Crippen LogP contribution >= 0.6 is 23.1 Å². The molecule has 1 aromatic heterocycles. The van der Waals surface area contributed by atoms with E-state index in [1.807, 2.05) is 24.3 Å². The lowest BCUT2D eigenvalue weighted by atomic mass is 10.1. The van der Waals surface area contributed by atoms with Gasteiger partial charge in [-0.15, -0.1) is 23.1 Å². The van der Waals surface area contributed by atoms with Crippen LogP contribution in [0.3, 0.4) is 0 Å². The Morgan fingerprint density at radius 2 is 1.69 bits per heavy atom. The van der Waals surface area contributed by atoms with E-state index in [4.69, 9.17) is 0 Å². The third-order valence-corrected chi connectivity index (χ3v) is 5.66. The number of thioether (sulfide) groups is 1. The van der Waals surface area contributed by atoms with Crippen LogP contribution in [0, 0.1) is 5.82 Å². The molecule has 0 radical (unpaired) electrons. The number of hydrogen-bond donors (Lipinski definition) is 1. The van der Waals surface area contributed by atoms with E-state index in [0.29, 0.717) is 17.0 Å². The van der Waals surface area contributed by atoms with Crippen molar-refractivity contribution in [3.05, 3.63) is 87.9 Å². The van der Waals surface area contributed by atoms with Gasteiger partial charge < -0.3 is 5.32 Å². The first kappa shape index (κ1) is 18.4. The summed E-state index contributed by atoms with van der Waals surface area (Å²) in [6, 6.07) is 18.8. The molecule has 0 aliphatic carbocycles. The van der Waals surface area contributed by atoms with Crippen LogP contribution < -0.4 is 5.32 Å². The Morgan fingerprint density at radius 1 is 0.962 bits per heavy atom. The predicted octanol–water partition coefficient (Wildman–Crippen LogP) is 4.53. The quantitative estimate of drug-likeness (QED) is 0.480. The van der Waals surface area contributed by atoms with Crippen LogP contribution in [0.1, 0.15) is 20.1 Å². The number of carbonyl (C=O) groups excluding carboxylic acids is 2. The van der Waals surface area contributed by atoms with E-state index < -0.39 is 0 Å². The molecule has 132 valence electrons. The van der Waals surface area contributed by atoms with Crippen LogP contribution in [-0.4, -0.2) is 17.4 Å². The van der Waals surface area contributed by atoms with E-state index in [2.05, 4.69) is 5.32 Å². The maximum absolute atomic E-state index is 12.8. The minimum atomic E-state index is -0.294. The second kappa shape index (κ2) is 8.78. The lowest BCUT2D eigenvalue weighted by molar-refractivity contribution is -0.118. The molecule has 0 saturated carbocycles. The van der Waals surface area contributed by atoms with Crippen molar-refractivity contribution in [1.29, 1.82) is 0 Å². The van der Waals surface area contributed by atoms with E-state index in [9.17, 15) is 14.0 Å². The largest absolute Gasteiger partial charge is 0.350 e. The molecule has 0 atom stereocenters. The van der Waals surface area contributed by atoms with Crippen LogP contribution in [0.25, 0.3) is 0 Å². The summed E-state index contributed by atoms with van der Waals surface area (Å²) in [4.78, 5) is 26.7. The van der Waals surface area contributed by atoms with Gasteiger partial charge in [0, 0.05) is 15.3 Å². The summed E-state index contributed by atoms with van der Waals surface area (Å²) in [6.45, 7) is 0.384. The number of thiophene rings is 1. The van der Waals surface area contributed by atoms with Gasteiger partial charge in [0.1, 0.15) is 5.82 Å². The highest BCUT2D eigenvalue weighted by atomic mass is 32.2. The van der Waals surface area contributed by atoms with Gasteiger partial charge in [-0.25, -0.2) is 4.39 Å². The summed E-state index contributed by atoms with van der Waals surface area (Å²) in [7, 11) is 0. The molecule has 3 nitrogen and oxygen atoms in total. The molecule has 0 fully saturated rings. The first-order valence-corrected chi connectivity index (χ1v) is 9.75. The Morgan fingerprint density at radius 3 is 2.42 bits per heavy atom. The molecule has 0 spiro atoms. The number of hydrogen-bond acceptors (Lipinski definition) is 4. The molecule has 1 amide bonds. The molecule has 0 unspecified atom stereocenters. The number of rotatable bonds is 7. The van der Waals surface area contributed by atoms with Crippen molar-refractivity contribution in [3.63, 3.8) is 0 Å². The maximum atomic E-state index is 12.8. The second-order valence-corrected chi connectivity index (χ2v) is 7.70. The molecule has 3 aromatic rings. The third-order valence-electron chi connectivity index (χ3n) is 3.56. The second-order valence-electron chi connectivity index (χ2n) is 5.48. The van der Waals surface area contributed by atoms with Crippen molar-refractivity contribution >= 4 is 34.8 Å². The average molecular weight is 385 g/mol. The van der Waals surface area contributed by atoms with Crippen molar-refractivity contribution in [2.75, 3.05) is 5.75 Å². The smallest absolute Gasteiger partial charge is 0.230 e. The van der Waals surface area contributed by atoms with Gasteiger partial charge >= 0.3 is 0 Å². The Balaban J connectivity index is 1.49. The molecule has 6 heteroatoms. The van der Waals surface area contributed by atoms with Crippen molar-refractivity contribution < 1.29 is 14.0 Å². The molecule has 0 saturated heterocycles. The molecule has 0 bridgehead atoms. The first-order valence-electron chi connectivity index (χ1n) is 7.95. The molecule has 1 heterocycles. The fourth-order valence-electron chi connectivity index (χ4n) is 2.24. The van der Waals surface area contributed by atoms with Gasteiger partial charge in [-0.2, -0.15) is 0 Å². The van der Waals surface area contributed by atoms with Crippen LogP contribution in [-0.2, 0) is 11.3 Å². The van der Waals surface area contributed by atoms with Gasteiger partial charge in [-0.05, 0) is 36.4 Å². The summed E-state index contributed by atoms with van der Waals surface area (Å²) in [5.41, 5.74) is 0.653. The minimum absolute atomic E-state index is 0.0139. The van der Waals surface area contributed by atoms with Gasteiger partial charge in [0.25, 0.3) is 0 Å². The first-order chi connectivity index (χ1) is 12.6. The lowest BCUT2D eigenvalue weighted by Crippen LogP contribution is -2.24. The van der Waals surface area contributed by atoms with Crippen LogP contribution in [0.5, 0.6) is 0 Å². The summed E-state index contributed by atoms with van der Waals surface area (Å²) < 4.78 is 12.8. The SMILES string of the molecule is O=C(CSc1ccc(F)cc1)NCc1ccc(C(=O)c2ccccc2)s1. The summed E-state index contributed by atoms with van der Waals surface area (Å²) in [5.74, 6) is -0.159. The molecular weight excluding hydrogens is 369 g/mol. The van der Waals surface area contributed by atoms with Crippen LogP contribution in [0.4, 0.5) is 4.39 Å². The van der Waals surface area contributed by atoms with E-state index in [0.717, 1.165) is 9.77 Å². The monoisotopic (exact) mass is 385 g/mol. The fourth-order valence-corrected chi connectivity index (χ4v) is 3.88. The Bertz CT molecular complexity index is 892. The van der Waals surface area contributed by atoms with Gasteiger partial charge in [0.2, 0.25) is 11.7 Å². The molecule has 26 heavy (non-hydrogen) atoms. The number of halogens is 1. The molecule has 0 aliphatic rings. The van der Waals surface area contributed by atoms with E-state index >= 15 is 0 Å². The number of nitrogens with one attached hydrogen (secondary N) is 1. The van der Waals surface area contributed by atoms with E-state index in [-0.39, 0.29) is 23.3 Å². The van der Waals surface area contributed by atoms with Crippen molar-refractivity contribution in [1.82, 2.24) is 5.32 Å².